The first-order valence-corrected chi connectivity index (χ1v) is 7.58. The molecule has 0 atom stereocenters. The maximum Gasteiger partial charge on any atom is 0.267 e. The monoisotopic (exact) mass is 341 g/mol. The molecule has 0 radical (unpaired) electrons. The molecule has 2 aromatic carbocycles. The van der Waals surface area contributed by atoms with Gasteiger partial charge >= 0.3 is 0 Å². The van der Waals surface area contributed by atoms with Gasteiger partial charge in [0.25, 0.3) is 5.91 Å². The molecule has 0 spiro atoms. The van der Waals surface area contributed by atoms with Crippen LogP contribution in [0.2, 0.25) is 5.02 Å². The summed E-state index contributed by atoms with van der Waals surface area (Å²) in [6.45, 7) is 1.96. The highest BCUT2D eigenvalue weighted by molar-refractivity contribution is 6.32. The van der Waals surface area contributed by atoms with Gasteiger partial charge in [0.15, 0.2) is 5.78 Å². The Morgan fingerprint density at radius 1 is 1.04 bits per heavy atom. The van der Waals surface area contributed by atoms with Crippen molar-refractivity contribution in [1.29, 1.82) is 0 Å². The fourth-order valence-electron chi connectivity index (χ4n) is 1.97. The van der Waals surface area contributed by atoms with Crippen LogP contribution < -0.4 is 5.48 Å². The van der Waals surface area contributed by atoms with E-state index in [1.165, 1.54) is 23.7 Å². The van der Waals surface area contributed by atoms with Gasteiger partial charge in [-0.25, -0.2) is 5.48 Å². The Balaban J connectivity index is 2.12. The number of nitrogens with one attached hydrogen (secondary N) is 1. The van der Waals surface area contributed by atoms with Gasteiger partial charge in [-0.05, 0) is 42.3 Å². The zero-order chi connectivity index (χ0) is 17.5. The van der Waals surface area contributed by atoms with Crippen LogP contribution in [0.4, 0.5) is 0 Å². The van der Waals surface area contributed by atoms with E-state index in [1.807, 2.05) is 19.1 Å². The minimum Gasteiger partial charge on any atom is -0.289 e. The Labute approximate surface area is 145 Å². The van der Waals surface area contributed by atoms with Crippen LogP contribution >= 0.6 is 11.6 Å². The maximum absolute atomic E-state index is 12.1. The molecule has 0 unspecified atom stereocenters. The van der Waals surface area contributed by atoms with Crippen molar-refractivity contribution in [2.75, 3.05) is 0 Å². The molecule has 0 fully saturated rings. The van der Waals surface area contributed by atoms with E-state index in [0.29, 0.717) is 21.7 Å². The number of aryl methyl sites for hydroxylation is 1. The van der Waals surface area contributed by atoms with Crippen LogP contribution in [0.15, 0.2) is 54.6 Å². The fraction of sp³-hybridized carbons (Fsp3) is 0.0526. The van der Waals surface area contributed by atoms with Gasteiger partial charge in [0.05, 0.1) is 0 Å². The summed E-state index contributed by atoms with van der Waals surface area (Å²) in [4.78, 5) is 23.0. The lowest BCUT2D eigenvalue weighted by Crippen LogP contribution is -2.14. The Hall–Kier alpha value is -2.69. The van der Waals surface area contributed by atoms with Gasteiger partial charge in [-0.3, -0.25) is 14.8 Å². The Morgan fingerprint density at radius 2 is 1.75 bits per heavy atom. The van der Waals surface area contributed by atoms with Crippen LogP contribution in [0, 0.1) is 6.92 Å². The predicted molar refractivity (Wildman–Crippen MR) is 95.0 cm³/mol. The van der Waals surface area contributed by atoms with E-state index in [-0.39, 0.29) is 5.78 Å². The molecule has 5 heteroatoms. The summed E-state index contributed by atoms with van der Waals surface area (Å²) >= 11 is 6.18. The topological polar surface area (TPSA) is 66.4 Å². The standard InChI is InChI=1S/C19H16ClNO3/c1-13-2-6-16(7-3-13)18(22)10-9-15-8-4-14(12-17(15)20)5-11-19(23)21-24/h2-12,24H,1H3,(H,21,23). The lowest BCUT2D eigenvalue weighted by atomic mass is 10.1. The molecular weight excluding hydrogens is 326 g/mol. The highest BCUT2D eigenvalue weighted by atomic mass is 35.5. The fourth-order valence-corrected chi connectivity index (χ4v) is 2.22. The van der Waals surface area contributed by atoms with Crippen LogP contribution in [-0.2, 0) is 4.79 Å². The van der Waals surface area contributed by atoms with Crippen molar-refractivity contribution in [2.45, 2.75) is 6.92 Å². The molecule has 0 saturated carbocycles. The summed E-state index contributed by atoms with van der Waals surface area (Å²) in [6, 6.07) is 12.5. The second kappa shape index (κ2) is 8.24. The molecular formula is C19H16ClNO3. The third kappa shape index (κ3) is 4.91. The first-order chi connectivity index (χ1) is 11.5. The first-order valence-electron chi connectivity index (χ1n) is 7.20. The normalized spacial score (nSPS) is 11.1. The minimum absolute atomic E-state index is 0.102. The molecule has 0 heterocycles. The summed E-state index contributed by atoms with van der Waals surface area (Å²) in [5.41, 5.74) is 4.61. The highest BCUT2D eigenvalue weighted by Crippen LogP contribution is 2.20. The lowest BCUT2D eigenvalue weighted by molar-refractivity contribution is -0.124. The second-order valence-corrected chi connectivity index (χ2v) is 5.56. The molecule has 1 amide bonds. The summed E-state index contributed by atoms with van der Waals surface area (Å²) in [7, 11) is 0. The number of benzene rings is 2. The maximum atomic E-state index is 12.1. The van der Waals surface area contributed by atoms with Gasteiger partial charge in [-0.2, -0.15) is 0 Å². The molecule has 0 saturated heterocycles. The third-order valence-electron chi connectivity index (χ3n) is 3.31. The Kier molecular flexibility index (Phi) is 6.07. The summed E-state index contributed by atoms with van der Waals surface area (Å²) < 4.78 is 0. The molecule has 0 bridgehead atoms. The molecule has 4 nitrogen and oxygen atoms in total. The van der Waals surface area contributed by atoms with Crippen LogP contribution in [-0.4, -0.2) is 16.9 Å². The van der Waals surface area contributed by atoms with Crippen molar-refractivity contribution < 1.29 is 14.8 Å². The predicted octanol–water partition coefficient (Wildman–Crippen LogP) is 4.06. The number of halogens is 1. The van der Waals surface area contributed by atoms with Crippen molar-refractivity contribution in [3.05, 3.63) is 81.9 Å². The van der Waals surface area contributed by atoms with Crippen LogP contribution in [0.1, 0.15) is 27.0 Å². The molecule has 2 aromatic rings. The van der Waals surface area contributed by atoms with Gasteiger partial charge in [0, 0.05) is 16.7 Å². The second-order valence-electron chi connectivity index (χ2n) is 5.15. The van der Waals surface area contributed by atoms with E-state index in [2.05, 4.69) is 0 Å². The van der Waals surface area contributed by atoms with Gasteiger partial charge in [-0.1, -0.05) is 53.6 Å². The van der Waals surface area contributed by atoms with Gasteiger partial charge in [-0.15, -0.1) is 0 Å². The molecule has 0 aliphatic rings. The lowest BCUT2D eigenvalue weighted by Gasteiger charge is -2.01. The van der Waals surface area contributed by atoms with Gasteiger partial charge < -0.3 is 0 Å². The number of rotatable bonds is 5. The Morgan fingerprint density at radius 3 is 2.38 bits per heavy atom. The van der Waals surface area contributed by atoms with E-state index in [4.69, 9.17) is 16.8 Å². The number of ketones is 1. The quantitative estimate of drug-likeness (QED) is 0.373. The number of allylic oxidation sites excluding steroid dienone is 1. The number of hydrogen-bond acceptors (Lipinski definition) is 3. The van der Waals surface area contributed by atoms with E-state index < -0.39 is 5.91 Å². The molecule has 24 heavy (non-hydrogen) atoms. The summed E-state index contributed by atoms with van der Waals surface area (Å²) in [6.07, 6.45) is 5.82. The smallest absolute Gasteiger partial charge is 0.267 e. The zero-order valence-corrected chi connectivity index (χ0v) is 13.7. The zero-order valence-electron chi connectivity index (χ0n) is 13.0. The summed E-state index contributed by atoms with van der Waals surface area (Å²) in [5, 5.41) is 8.88. The van der Waals surface area contributed by atoms with Crippen molar-refractivity contribution in [2.24, 2.45) is 0 Å². The minimum atomic E-state index is -0.626. The number of carbonyl (C=O) groups is 2. The molecule has 0 aliphatic carbocycles. The average molecular weight is 342 g/mol. The number of carbonyl (C=O) groups excluding carboxylic acids is 2. The molecule has 0 aliphatic heterocycles. The van der Waals surface area contributed by atoms with Crippen molar-refractivity contribution >= 4 is 35.4 Å². The van der Waals surface area contributed by atoms with Crippen LogP contribution in [0.5, 0.6) is 0 Å². The van der Waals surface area contributed by atoms with Gasteiger partial charge in [0.2, 0.25) is 0 Å². The van der Waals surface area contributed by atoms with E-state index >= 15 is 0 Å². The van der Waals surface area contributed by atoms with E-state index in [1.54, 1.807) is 36.4 Å². The SMILES string of the molecule is Cc1ccc(C(=O)C=Cc2ccc(C=CC(=O)NO)cc2Cl)cc1. The van der Waals surface area contributed by atoms with E-state index in [9.17, 15) is 9.59 Å². The highest BCUT2D eigenvalue weighted by Gasteiger charge is 2.03. The number of hydrogen-bond donors (Lipinski definition) is 2. The first kappa shape index (κ1) is 17.7. The van der Waals surface area contributed by atoms with Crippen LogP contribution in [0.25, 0.3) is 12.2 Å². The molecule has 0 aromatic heterocycles. The van der Waals surface area contributed by atoms with Crippen molar-refractivity contribution in [3.63, 3.8) is 0 Å². The Bertz CT molecular complexity index is 808. The van der Waals surface area contributed by atoms with Gasteiger partial charge in [0.1, 0.15) is 0 Å². The number of amides is 1. The van der Waals surface area contributed by atoms with Crippen molar-refractivity contribution in [3.8, 4) is 0 Å². The third-order valence-corrected chi connectivity index (χ3v) is 3.64. The average Bonchev–Trinajstić information content (AvgIpc) is 2.59. The molecule has 2 N–H and O–H groups in total. The van der Waals surface area contributed by atoms with Crippen LogP contribution in [0.3, 0.4) is 0 Å². The largest absolute Gasteiger partial charge is 0.289 e. The van der Waals surface area contributed by atoms with E-state index in [0.717, 1.165) is 5.56 Å². The van der Waals surface area contributed by atoms with Crippen molar-refractivity contribution in [1.82, 2.24) is 5.48 Å². The molecule has 2 rings (SSSR count). The molecule has 122 valence electrons. The number of hydroxylamine groups is 1. The summed E-state index contributed by atoms with van der Waals surface area (Å²) in [5.74, 6) is -0.728.